The van der Waals surface area contributed by atoms with Crippen LogP contribution in [0.25, 0.3) is 5.69 Å². The molecular formula is C11H6Br2N2O3. The monoisotopic (exact) mass is 372 g/mol. The lowest BCUT2D eigenvalue weighted by Gasteiger charge is -2.06. The largest absolute Gasteiger partial charge is 0.478 e. The summed E-state index contributed by atoms with van der Waals surface area (Å²) in [5.41, 5.74) is 0.125. The quantitative estimate of drug-likeness (QED) is 0.877. The van der Waals surface area contributed by atoms with Crippen molar-refractivity contribution < 1.29 is 9.90 Å². The molecular weight excluding hydrogens is 368 g/mol. The standard InChI is InChI=1S/C11H6Br2N2O3/c12-8-5-14-15(10(16)9(8)13)7-3-1-2-6(4-7)11(17)18/h1-5H,(H,17,18). The van der Waals surface area contributed by atoms with E-state index in [4.69, 9.17) is 5.11 Å². The zero-order valence-corrected chi connectivity index (χ0v) is 12.0. The summed E-state index contributed by atoms with van der Waals surface area (Å²) >= 11 is 6.31. The third-order valence-electron chi connectivity index (χ3n) is 2.21. The summed E-state index contributed by atoms with van der Waals surface area (Å²) in [7, 11) is 0. The number of carboxylic acid groups (broad SMARTS) is 1. The molecule has 0 saturated carbocycles. The van der Waals surface area contributed by atoms with Gasteiger partial charge in [-0.15, -0.1) is 0 Å². The van der Waals surface area contributed by atoms with Crippen molar-refractivity contribution in [3.05, 3.63) is 55.3 Å². The predicted octanol–water partition coefficient (Wildman–Crippen LogP) is 2.46. The molecule has 0 spiro atoms. The molecule has 2 aromatic rings. The minimum absolute atomic E-state index is 0.0974. The van der Waals surface area contributed by atoms with Crippen molar-refractivity contribution in [1.29, 1.82) is 0 Å². The van der Waals surface area contributed by atoms with Crippen LogP contribution in [0.4, 0.5) is 0 Å². The third kappa shape index (κ3) is 2.37. The Labute approximate surface area is 118 Å². The molecule has 7 heteroatoms. The maximum atomic E-state index is 11.9. The summed E-state index contributed by atoms with van der Waals surface area (Å²) in [5.74, 6) is -1.05. The highest BCUT2D eigenvalue weighted by atomic mass is 79.9. The first kappa shape index (κ1) is 13.0. The Kier molecular flexibility index (Phi) is 3.63. The van der Waals surface area contributed by atoms with Gasteiger partial charge < -0.3 is 5.11 Å². The van der Waals surface area contributed by atoms with Gasteiger partial charge in [0.15, 0.2) is 0 Å². The molecule has 18 heavy (non-hydrogen) atoms. The summed E-state index contributed by atoms with van der Waals surface area (Å²) in [5, 5.41) is 12.8. The molecule has 0 saturated heterocycles. The fourth-order valence-electron chi connectivity index (χ4n) is 1.37. The molecule has 0 aliphatic carbocycles. The molecule has 1 aromatic carbocycles. The maximum absolute atomic E-state index is 11.9. The molecule has 0 amide bonds. The number of rotatable bonds is 2. The Bertz CT molecular complexity index is 682. The summed E-state index contributed by atoms with van der Waals surface area (Å²) in [6, 6.07) is 6.01. The minimum Gasteiger partial charge on any atom is -0.478 e. The maximum Gasteiger partial charge on any atom is 0.335 e. The third-order valence-corrected chi connectivity index (χ3v) is 4.11. The van der Waals surface area contributed by atoms with Gasteiger partial charge >= 0.3 is 5.97 Å². The van der Waals surface area contributed by atoms with Gasteiger partial charge in [0.1, 0.15) is 4.47 Å². The van der Waals surface area contributed by atoms with Gasteiger partial charge in [-0.1, -0.05) is 6.07 Å². The van der Waals surface area contributed by atoms with Crippen molar-refractivity contribution in [2.24, 2.45) is 0 Å². The second-order valence-electron chi connectivity index (χ2n) is 3.38. The number of aromatic nitrogens is 2. The number of benzene rings is 1. The molecule has 0 bridgehead atoms. The van der Waals surface area contributed by atoms with E-state index in [-0.39, 0.29) is 11.1 Å². The van der Waals surface area contributed by atoms with Gasteiger partial charge in [0.25, 0.3) is 5.56 Å². The molecule has 0 aliphatic heterocycles. The van der Waals surface area contributed by atoms with Crippen molar-refractivity contribution in [3.8, 4) is 5.69 Å². The van der Waals surface area contributed by atoms with Crippen LogP contribution in [0, 0.1) is 0 Å². The van der Waals surface area contributed by atoms with E-state index in [0.717, 1.165) is 4.68 Å². The Hall–Kier alpha value is -1.47. The number of hydrogen-bond acceptors (Lipinski definition) is 3. The topological polar surface area (TPSA) is 72.2 Å². The van der Waals surface area contributed by atoms with Crippen molar-refractivity contribution in [3.63, 3.8) is 0 Å². The van der Waals surface area contributed by atoms with E-state index in [2.05, 4.69) is 37.0 Å². The minimum atomic E-state index is -1.05. The molecule has 0 radical (unpaired) electrons. The van der Waals surface area contributed by atoms with Crippen LogP contribution in [0.3, 0.4) is 0 Å². The lowest BCUT2D eigenvalue weighted by atomic mass is 10.2. The molecule has 0 aliphatic rings. The van der Waals surface area contributed by atoms with Crippen LogP contribution >= 0.6 is 31.9 Å². The number of nitrogens with zero attached hydrogens (tertiary/aromatic N) is 2. The van der Waals surface area contributed by atoms with Gasteiger partial charge in [-0.25, -0.2) is 4.79 Å². The number of halogens is 2. The first-order valence-electron chi connectivity index (χ1n) is 4.78. The number of hydrogen-bond donors (Lipinski definition) is 1. The molecule has 0 atom stereocenters. The fourth-order valence-corrected chi connectivity index (χ4v) is 1.90. The average Bonchev–Trinajstić information content (AvgIpc) is 2.36. The van der Waals surface area contributed by atoms with Crippen molar-refractivity contribution in [1.82, 2.24) is 9.78 Å². The zero-order valence-electron chi connectivity index (χ0n) is 8.80. The molecule has 1 heterocycles. The highest BCUT2D eigenvalue weighted by Gasteiger charge is 2.10. The smallest absolute Gasteiger partial charge is 0.335 e. The normalized spacial score (nSPS) is 10.3. The van der Waals surface area contributed by atoms with Crippen molar-refractivity contribution >= 4 is 37.8 Å². The van der Waals surface area contributed by atoms with Crippen LogP contribution in [-0.4, -0.2) is 20.9 Å². The van der Waals surface area contributed by atoms with E-state index in [1.807, 2.05) is 0 Å². The van der Waals surface area contributed by atoms with Gasteiger partial charge in [-0.05, 0) is 50.1 Å². The van der Waals surface area contributed by atoms with Crippen LogP contribution in [0.1, 0.15) is 10.4 Å². The van der Waals surface area contributed by atoms with E-state index in [9.17, 15) is 9.59 Å². The van der Waals surface area contributed by atoms with Gasteiger partial charge in [0.05, 0.1) is 21.9 Å². The summed E-state index contributed by atoms with van der Waals surface area (Å²) < 4.78 is 2.00. The summed E-state index contributed by atoms with van der Waals surface area (Å²) in [6.45, 7) is 0. The number of aromatic carboxylic acids is 1. The molecule has 0 fully saturated rings. The first-order valence-corrected chi connectivity index (χ1v) is 6.36. The molecule has 2 rings (SSSR count). The van der Waals surface area contributed by atoms with E-state index in [0.29, 0.717) is 14.6 Å². The van der Waals surface area contributed by atoms with Gasteiger partial charge in [0, 0.05) is 0 Å². The van der Waals surface area contributed by atoms with E-state index in [1.54, 1.807) is 12.1 Å². The Balaban J connectivity index is 2.63. The summed E-state index contributed by atoms with van der Waals surface area (Å²) in [4.78, 5) is 22.8. The Morgan fingerprint density at radius 1 is 1.33 bits per heavy atom. The average molecular weight is 374 g/mol. The van der Waals surface area contributed by atoms with Crippen molar-refractivity contribution in [2.75, 3.05) is 0 Å². The Morgan fingerprint density at radius 2 is 2.06 bits per heavy atom. The number of carboxylic acids is 1. The molecule has 1 aromatic heterocycles. The molecule has 92 valence electrons. The second kappa shape index (κ2) is 5.03. The molecule has 5 nitrogen and oxygen atoms in total. The van der Waals surface area contributed by atoms with Gasteiger partial charge in [-0.2, -0.15) is 9.78 Å². The van der Waals surface area contributed by atoms with Crippen LogP contribution < -0.4 is 5.56 Å². The SMILES string of the molecule is O=C(O)c1cccc(-n2ncc(Br)c(Br)c2=O)c1. The van der Waals surface area contributed by atoms with E-state index < -0.39 is 5.97 Å². The van der Waals surface area contributed by atoms with Crippen LogP contribution in [0.15, 0.2) is 44.2 Å². The molecule has 0 unspecified atom stereocenters. The first-order chi connectivity index (χ1) is 8.50. The lowest BCUT2D eigenvalue weighted by molar-refractivity contribution is 0.0697. The van der Waals surface area contributed by atoms with Crippen LogP contribution in [0.5, 0.6) is 0 Å². The predicted molar refractivity (Wildman–Crippen MR) is 72.2 cm³/mol. The van der Waals surface area contributed by atoms with Gasteiger partial charge in [-0.3, -0.25) is 4.79 Å². The van der Waals surface area contributed by atoms with E-state index in [1.165, 1.54) is 18.3 Å². The van der Waals surface area contributed by atoms with Crippen molar-refractivity contribution in [2.45, 2.75) is 0 Å². The van der Waals surface area contributed by atoms with Gasteiger partial charge in [0.2, 0.25) is 0 Å². The van der Waals surface area contributed by atoms with Crippen LogP contribution in [-0.2, 0) is 0 Å². The fraction of sp³-hybridized carbons (Fsp3) is 0. The highest BCUT2D eigenvalue weighted by molar-refractivity contribution is 9.13. The number of carbonyl (C=O) groups is 1. The summed E-state index contributed by atoms with van der Waals surface area (Å²) in [6.07, 6.45) is 1.46. The Morgan fingerprint density at radius 3 is 2.72 bits per heavy atom. The second-order valence-corrected chi connectivity index (χ2v) is 5.03. The zero-order chi connectivity index (χ0) is 13.3. The van der Waals surface area contributed by atoms with Crippen LogP contribution in [0.2, 0.25) is 0 Å². The molecule has 1 N–H and O–H groups in total. The lowest BCUT2D eigenvalue weighted by Crippen LogP contribution is -2.22. The highest BCUT2D eigenvalue weighted by Crippen LogP contribution is 2.18. The van der Waals surface area contributed by atoms with E-state index >= 15 is 0 Å².